The van der Waals surface area contributed by atoms with Crippen LogP contribution in [0, 0.1) is 25.5 Å². The van der Waals surface area contributed by atoms with Crippen LogP contribution in [0.15, 0.2) is 94.7 Å². The van der Waals surface area contributed by atoms with Crippen LogP contribution in [0.5, 0.6) is 0 Å². The molecule has 4 aromatic carbocycles. The van der Waals surface area contributed by atoms with E-state index in [9.17, 15) is 17.2 Å². The number of aryl methyl sites for hydroxylation is 2. The van der Waals surface area contributed by atoms with E-state index in [1.165, 1.54) is 24.3 Å². The van der Waals surface area contributed by atoms with Gasteiger partial charge in [0.1, 0.15) is 11.6 Å². The average Bonchev–Trinajstić information content (AvgIpc) is 2.74. The van der Waals surface area contributed by atoms with Crippen LogP contribution >= 0.6 is 0 Å². The van der Waals surface area contributed by atoms with Gasteiger partial charge in [0.2, 0.25) is 9.84 Å². The second-order valence-electron chi connectivity index (χ2n) is 7.42. The Balaban J connectivity index is 2.00. The largest absolute Gasteiger partial charge is 0.218 e. The van der Waals surface area contributed by atoms with E-state index < -0.39 is 21.5 Å². The van der Waals surface area contributed by atoms with Crippen molar-refractivity contribution in [1.82, 2.24) is 0 Å². The monoisotopic (exact) mass is 434 g/mol. The van der Waals surface area contributed by atoms with Gasteiger partial charge in [-0.1, -0.05) is 60.7 Å². The first kappa shape index (κ1) is 20.9. The van der Waals surface area contributed by atoms with Gasteiger partial charge in [0.15, 0.2) is 0 Å². The lowest BCUT2D eigenvalue weighted by Crippen LogP contribution is -2.10. The molecule has 0 aliphatic carbocycles. The fourth-order valence-electron chi connectivity index (χ4n) is 3.83. The summed E-state index contributed by atoms with van der Waals surface area (Å²) in [5.41, 5.74) is 3.42. The molecule has 31 heavy (non-hydrogen) atoms. The molecule has 0 heterocycles. The van der Waals surface area contributed by atoms with Crippen molar-refractivity contribution in [3.05, 3.63) is 108 Å². The smallest absolute Gasteiger partial charge is 0.208 e. The molecule has 0 saturated carbocycles. The predicted octanol–water partition coefficient (Wildman–Crippen LogP) is 6.75. The number of sulfone groups is 1. The molecule has 156 valence electrons. The molecule has 0 aliphatic rings. The predicted molar refractivity (Wildman–Crippen MR) is 119 cm³/mol. The van der Waals surface area contributed by atoms with E-state index in [0.717, 1.165) is 0 Å². The molecule has 0 unspecified atom stereocenters. The number of hydrogen-bond acceptors (Lipinski definition) is 2. The highest BCUT2D eigenvalue weighted by Crippen LogP contribution is 2.39. The maximum Gasteiger partial charge on any atom is 0.208 e. The van der Waals surface area contributed by atoms with Crippen LogP contribution in [0.25, 0.3) is 22.3 Å². The molecule has 0 aliphatic heterocycles. The minimum absolute atomic E-state index is 0.180. The van der Waals surface area contributed by atoms with Crippen LogP contribution in [0.3, 0.4) is 0 Å². The quantitative estimate of drug-likeness (QED) is 0.356. The fourth-order valence-corrected chi connectivity index (χ4v) is 5.97. The van der Waals surface area contributed by atoms with Crippen molar-refractivity contribution >= 4 is 9.84 Å². The van der Waals surface area contributed by atoms with E-state index in [2.05, 4.69) is 0 Å². The molecular formula is C26H20F2O2S. The summed E-state index contributed by atoms with van der Waals surface area (Å²) >= 11 is 0. The van der Waals surface area contributed by atoms with Gasteiger partial charge < -0.3 is 0 Å². The standard InChI is InChI=1S/C26H20F2O2S/c1-17-5-3-7-23(19-9-13-21(27)14-10-19)25(17)31(29,30)26-18(2)6-4-8-24(26)20-11-15-22(28)16-12-20/h3-16H,1-2H3. The van der Waals surface area contributed by atoms with E-state index in [-0.39, 0.29) is 9.79 Å². The fraction of sp³-hybridized carbons (Fsp3) is 0.0769. The second kappa shape index (κ2) is 8.08. The number of benzene rings is 4. The van der Waals surface area contributed by atoms with Crippen molar-refractivity contribution in [2.45, 2.75) is 23.6 Å². The maximum absolute atomic E-state index is 14.0. The Labute approximate surface area is 180 Å². The van der Waals surface area contributed by atoms with Gasteiger partial charge in [0.25, 0.3) is 0 Å². The molecule has 4 rings (SSSR count). The lowest BCUT2D eigenvalue weighted by Gasteiger charge is -2.18. The maximum atomic E-state index is 14.0. The van der Waals surface area contributed by atoms with Gasteiger partial charge in [0.05, 0.1) is 9.79 Å². The molecule has 0 spiro atoms. The molecular weight excluding hydrogens is 414 g/mol. The summed E-state index contributed by atoms with van der Waals surface area (Å²) in [6.45, 7) is 3.49. The minimum atomic E-state index is -3.97. The number of hydrogen-bond donors (Lipinski definition) is 0. The van der Waals surface area contributed by atoms with Crippen LogP contribution < -0.4 is 0 Å². The third kappa shape index (κ3) is 3.89. The van der Waals surface area contributed by atoms with Crippen molar-refractivity contribution in [2.75, 3.05) is 0 Å². The summed E-state index contributed by atoms with van der Waals surface area (Å²) in [5, 5.41) is 0. The lowest BCUT2D eigenvalue weighted by molar-refractivity contribution is 0.595. The summed E-state index contributed by atoms with van der Waals surface area (Å²) in [6.07, 6.45) is 0. The molecule has 0 aromatic heterocycles. The normalized spacial score (nSPS) is 11.5. The third-order valence-corrected chi connectivity index (χ3v) is 7.43. The minimum Gasteiger partial charge on any atom is -0.218 e. The van der Waals surface area contributed by atoms with Crippen LogP contribution in [-0.4, -0.2) is 8.42 Å². The highest BCUT2D eigenvalue weighted by atomic mass is 32.2. The van der Waals surface area contributed by atoms with Gasteiger partial charge in [-0.05, 0) is 60.4 Å². The zero-order chi connectivity index (χ0) is 22.2. The van der Waals surface area contributed by atoms with Crippen molar-refractivity contribution < 1.29 is 17.2 Å². The van der Waals surface area contributed by atoms with Crippen molar-refractivity contribution in [1.29, 1.82) is 0 Å². The molecule has 0 fully saturated rings. The van der Waals surface area contributed by atoms with Crippen LogP contribution in [0.4, 0.5) is 8.78 Å². The molecule has 0 radical (unpaired) electrons. The Bertz CT molecular complexity index is 1260. The Kier molecular flexibility index (Phi) is 5.46. The molecule has 5 heteroatoms. The van der Waals surface area contributed by atoms with Crippen molar-refractivity contribution in [3.8, 4) is 22.3 Å². The molecule has 0 N–H and O–H groups in total. The summed E-state index contributed by atoms with van der Waals surface area (Å²) in [6, 6.07) is 22.0. The molecule has 2 nitrogen and oxygen atoms in total. The van der Waals surface area contributed by atoms with Crippen LogP contribution in [0.2, 0.25) is 0 Å². The number of halogens is 2. The van der Waals surface area contributed by atoms with Gasteiger partial charge in [0, 0.05) is 11.1 Å². The first-order chi connectivity index (χ1) is 14.8. The summed E-state index contributed by atoms with van der Waals surface area (Å²) in [5.74, 6) is -0.781. The summed E-state index contributed by atoms with van der Waals surface area (Å²) < 4.78 is 55.0. The van der Waals surface area contributed by atoms with Gasteiger partial charge in [-0.3, -0.25) is 0 Å². The van der Waals surface area contributed by atoms with Crippen LogP contribution in [0.1, 0.15) is 11.1 Å². The first-order valence-electron chi connectivity index (χ1n) is 9.75. The van der Waals surface area contributed by atoms with Gasteiger partial charge in [-0.2, -0.15) is 0 Å². The zero-order valence-electron chi connectivity index (χ0n) is 17.1. The number of rotatable bonds is 4. The molecule has 0 amide bonds. The van der Waals surface area contributed by atoms with Crippen molar-refractivity contribution in [2.24, 2.45) is 0 Å². The SMILES string of the molecule is Cc1cccc(-c2ccc(F)cc2)c1S(=O)(=O)c1c(C)cccc1-c1ccc(F)cc1. The lowest BCUT2D eigenvalue weighted by atomic mass is 10.0. The average molecular weight is 435 g/mol. The summed E-state index contributed by atoms with van der Waals surface area (Å²) in [4.78, 5) is 0.360. The molecule has 0 saturated heterocycles. The van der Waals surface area contributed by atoms with Gasteiger partial charge in [-0.25, -0.2) is 17.2 Å². The Morgan fingerprint density at radius 3 is 1.26 bits per heavy atom. The second-order valence-corrected chi connectivity index (χ2v) is 9.24. The summed E-state index contributed by atoms with van der Waals surface area (Å²) in [7, 11) is -3.97. The molecule has 4 aromatic rings. The Hall–Kier alpha value is -3.31. The highest BCUT2D eigenvalue weighted by Gasteiger charge is 2.28. The van der Waals surface area contributed by atoms with Gasteiger partial charge in [-0.15, -0.1) is 0 Å². The van der Waals surface area contributed by atoms with E-state index in [1.807, 2.05) is 0 Å². The van der Waals surface area contributed by atoms with E-state index in [1.54, 1.807) is 74.5 Å². The topological polar surface area (TPSA) is 34.1 Å². The Morgan fingerprint density at radius 1 is 0.548 bits per heavy atom. The third-order valence-electron chi connectivity index (χ3n) is 5.27. The van der Waals surface area contributed by atoms with E-state index in [4.69, 9.17) is 0 Å². The molecule has 0 bridgehead atoms. The highest BCUT2D eigenvalue weighted by molar-refractivity contribution is 7.92. The van der Waals surface area contributed by atoms with Crippen LogP contribution in [-0.2, 0) is 9.84 Å². The van der Waals surface area contributed by atoms with Crippen molar-refractivity contribution in [3.63, 3.8) is 0 Å². The molecule has 0 atom stereocenters. The van der Waals surface area contributed by atoms with Gasteiger partial charge >= 0.3 is 0 Å². The Morgan fingerprint density at radius 2 is 0.903 bits per heavy atom. The zero-order valence-corrected chi connectivity index (χ0v) is 17.9. The van der Waals surface area contributed by atoms with E-state index in [0.29, 0.717) is 33.4 Å². The first-order valence-corrected chi connectivity index (χ1v) is 11.2. The van der Waals surface area contributed by atoms with E-state index >= 15 is 0 Å².